The van der Waals surface area contributed by atoms with Crippen molar-refractivity contribution in [1.82, 2.24) is 0 Å². The van der Waals surface area contributed by atoms with Crippen LogP contribution in [-0.2, 0) is 9.53 Å². The summed E-state index contributed by atoms with van der Waals surface area (Å²) in [5.41, 5.74) is 5.67. The van der Waals surface area contributed by atoms with Gasteiger partial charge in [0.15, 0.2) is 6.10 Å². The summed E-state index contributed by atoms with van der Waals surface area (Å²) >= 11 is 0. The molecule has 0 saturated carbocycles. The van der Waals surface area contributed by atoms with Gasteiger partial charge in [-0.1, -0.05) is 12.1 Å². The van der Waals surface area contributed by atoms with Gasteiger partial charge in [-0.3, -0.25) is 9.59 Å². The Hall–Kier alpha value is -2.17. The Morgan fingerprint density at radius 3 is 2.31 bits per heavy atom. The molecule has 0 spiro atoms. The van der Waals surface area contributed by atoms with Gasteiger partial charge in [-0.15, -0.1) is 0 Å². The van der Waals surface area contributed by atoms with E-state index in [1.165, 1.54) is 31.2 Å². The Morgan fingerprint density at radius 2 is 1.88 bits per heavy atom. The monoisotopic (exact) mass is 221 g/mol. The fourth-order valence-electron chi connectivity index (χ4n) is 0.984. The second-order valence-electron chi connectivity index (χ2n) is 3.19. The third-order valence-corrected chi connectivity index (χ3v) is 1.97. The summed E-state index contributed by atoms with van der Waals surface area (Å²) in [5.74, 6) is -1.36. The zero-order chi connectivity index (χ0) is 12.1. The van der Waals surface area contributed by atoms with Crippen molar-refractivity contribution in [2.45, 2.75) is 13.0 Å². The van der Waals surface area contributed by atoms with E-state index < -0.39 is 18.0 Å². The summed E-state index contributed by atoms with van der Waals surface area (Å²) in [5, 5.41) is 0. The molecule has 0 aliphatic carbocycles. The van der Waals surface area contributed by atoms with Gasteiger partial charge in [-0.25, -0.2) is 4.79 Å². The number of amides is 1. The number of carbonyl (C=O) groups is 3. The molecule has 1 rings (SSSR count). The first-order chi connectivity index (χ1) is 7.54. The molecule has 1 aromatic rings. The zero-order valence-electron chi connectivity index (χ0n) is 8.67. The van der Waals surface area contributed by atoms with Gasteiger partial charge in [0.25, 0.3) is 5.91 Å². The summed E-state index contributed by atoms with van der Waals surface area (Å²) in [4.78, 5) is 32.5. The normalized spacial score (nSPS) is 11.6. The smallest absolute Gasteiger partial charge is 0.338 e. The van der Waals surface area contributed by atoms with Crippen LogP contribution < -0.4 is 5.73 Å². The summed E-state index contributed by atoms with van der Waals surface area (Å²) in [6.07, 6.45) is -0.306. The first kappa shape index (κ1) is 11.9. The number of esters is 1. The number of rotatable bonds is 4. The molecule has 1 unspecified atom stereocenters. The molecule has 1 aromatic carbocycles. The highest BCUT2D eigenvalue weighted by molar-refractivity contribution is 5.92. The van der Waals surface area contributed by atoms with Crippen LogP contribution >= 0.6 is 0 Å². The van der Waals surface area contributed by atoms with Crippen molar-refractivity contribution in [2.24, 2.45) is 5.73 Å². The lowest BCUT2D eigenvalue weighted by atomic mass is 10.1. The highest BCUT2D eigenvalue weighted by atomic mass is 16.5. The minimum atomic E-state index is -0.974. The minimum absolute atomic E-state index is 0.263. The van der Waals surface area contributed by atoms with Crippen molar-refractivity contribution in [3.8, 4) is 0 Å². The molecule has 1 atom stereocenters. The van der Waals surface area contributed by atoms with Crippen LogP contribution in [0.4, 0.5) is 0 Å². The predicted octanol–water partition coefficient (Wildman–Crippen LogP) is 0.530. The van der Waals surface area contributed by atoms with Crippen molar-refractivity contribution in [2.75, 3.05) is 0 Å². The van der Waals surface area contributed by atoms with Gasteiger partial charge in [0, 0.05) is 5.56 Å². The molecular formula is C11H11NO4. The first-order valence-corrected chi connectivity index (χ1v) is 4.60. The lowest BCUT2D eigenvalue weighted by Crippen LogP contribution is -2.30. The number of nitrogens with two attached hydrogens (primary N) is 1. The number of benzene rings is 1. The highest BCUT2D eigenvalue weighted by Crippen LogP contribution is 2.06. The lowest BCUT2D eigenvalue weighted by molar-refractivity contribution is -0.125. The number of hydrogen-bond donors (Lipinski definition) is 1. The maximum absolute atomic E-state index is 11.4. The summed E-state index contributed by atoms with van der Waals surface area (Å²) in [6, 6.07) is 5.86. The van der Waals surface area contributed by atoms with Crippen molar-refractivity contribution >= 4 is 18.2 Å². The molecular weight excluding hydrogens is 210 g/mol. The van der Waals surface area contributed by atoms with Crippen LogP contribution in [-0.4, -0.2) is 24.3 Å². The topological polar surface area (TPSA) is 86.5 Å². The first-order valence-electron chi connectivity index (χ1n) is 4.60. The molecule has 0 radical (unpaired) electrons. The van der Waals surface area contributed by atoms with Crippen molar-refractivity contribution in [3.63, 3.8) is 0 Å². The lowest BCUT2D eigenvalue weighted by Gasteiger charge is -2.09. The van der Waals surface area contributed by atoms with Gasteiger partial charge in [-0.05, 0) is 19.1 Å². The molecule has 84 valence electrons. The van der Waals surface area contributed by atoms with E-state index >= 15 is 0 Å². The van der Waals surface area contributed by atoms with E-state index in [0.29, 0.717) is 11.8 Å². The largest absolute Gasteiger partial charge is 0.449 e. The van der Waals surface area contributed by atoms with Crippen LogP contribution in [0.15, 0.2) is 24.3 Å². The Kier molecular flexibility index (Phi) is 3.77. The van der Waals surface area contributed by atoms with Crippen LogP contribution in [0, 0.1) is 0 Å². The molecule has 0 fully saturated rings. The molecule has 0 aliphatic rings. The number of ether oxygens (including phenoxy) is 1. The van der Waals surface area contributed by atoms with Crippen LogP contribution in [0.2, 0.25) is 0 Å². The molecule has 5 nitrogen and oxygen atoms in total. The Balaban J connectivity index is 2.73. The van der Waals surface area contributed by atoms with Crippen LogP contribution in [0.3, 0.4) is 0 Å². The van der Waals surface area contributed by atoms with E-state index in [2.05, 4.69) is 0 Å². The van der Waals surface area contributed by atoms with Gasteiger partial charge in [0.05, 0.1) is 5.56 Å². The number of hydrogen-bond acceptors (Lipinski definition) is 4. The minimum Gasteiger partial charge on any atom is -0.449 e. The molecule has 0 saturated heterocycles. The number of carbonyl (C=O) groups excluding carboxylic acids is 3. The van der Waals surface area contributed by atoms with Crippen molar-refractivity contribution < 1.29 is 19.1 Å². The molecule has 1 amide bonds. The fraction of sp³-hybridized carbons (Fsp3) is 0.182. The van der Waals surface area contributed by atoms with Gasteiger partial charge in [0.2, 0.25) is 0 Å². The Labute approximate surface area is 92.2 Å². The fourth-order valence-corrected chi connectivity index (χ4v) is 0.984. The van der Waals surface area contributed by atoms with Gasteiger partial charge < -0.3 is 10.5 Å². The molecule has 0 aliphatic heterocycles. The van der Waals surface area contributed by atoms with E-state index in [1.807, 2.05) is 0 Å². The van der Waals surface area contributed by atoms with Gasteiger partial charge in [0.1, 0.15) is 6.29 Å². The van der Waals surface area contributed by atoms with E-state index in [-0.39, 0.29) is 5.56 Å². The van der Waals surface area contributed by atoms with Crippen LogP contribution in [0.1, 0.15) is 27.6 Å². The SMILES string of the molecule is CC(OC(=O)c1ccc(C=O)cc1)C(N)=O. The summed E-state index contributed by atoms with van der Waals surface area (Å²) < 4.78 is 4.77. The zero-order valence-corrected chi connectivity index (χ0v) is 8.67. The van der Waals surface area contributed by atoms with Crippen LogP contribution in [0.5, 0.6) is 0 Å². The molecule has 0 heterocycles. The second kappa shape index (κ2) is 5.06. The average molecular weight is 221 g/mol. The van der Waals surface area contributed by atoms with Crippen molar-refractivity contribution in [1.29, 1.82) is 0 Å². The third kappa shape index (κ3) is 2.91. The molecule has 2 N–H and O–H groups in total. The third-order valence-electron chi connectivity index (χ3n) is 1.97. The van der Waals surface area contributed by atoms with E-state index in [1.54, 1.807) is 0 Å². The van der Waals surface area contributed by atoms with Crippen molar-refractivity contribution in [3.05, 3.63) is 35.4 Å². The highest BCUT2D eigenvalue weighted by Gasteiger charge is 2.15. The predicted molar refractivity (Wildman–Crippen MR) is 55.9 cm³/mol. The second-order valence-corrected chi connectivity index (χ2v) is 3.19. The number of aldehydes is 1. The summed E-state index contributed by atoms with van der Waals surface area (Å²) in [6.45, 7) is 1.39. The molecule has 16 heavy (non-hydrogen) atoms. The Morgan fingerprint density at radius 1 is 1.31 bits per heavy atom. The maximum atomic E-state index is 11.4. The van der Waals surface area contributed by atoms with E-state index in [4.69, 9.17) is 10.5 Å². The molecule has 5 heteroatoms. The van der Waals surface area contributed by atoms with E-state index in [0.717, 1.165) is 0 Å². The number of primary amides is 1. The Bertz CT molecular complexity index is 410. The average Bonchev–Trinajstić information content (AvgIpc) is 2.28. The summed E-state index contributed by atoms with van der Waals surface area (Å²) in [7, 11) is 0. The van der Waals surface area contributed by atoms with Gasteiger partial charge >= 0.3 is 5.97 Å². The van der Waals surface area contributed by atoms with Crippen LogP contribution in [0.25, 0.3) is 0 Å². The maximum Gasteiger partial charge on any atom is 0.338 e. The standard InChI is InChI=1S/C11H11NO4/c1-7(10(12)14)16-11(15)9-4-2-8(6-13)3-5-9/h2-7H,1H3,(H2,12,14). The molecule has 0 bridgehead atoms. The molecule has 0 aromatic heterocycles. The van der Waals surface area contributed by atoms with Gasteiger partial charge in [-0.2, -0.15) is 0 Å². The van der Waals surface area contributed by atoms with E-state index in [9.17, 15) is 14.4 Å². The quantitative estimate of drug-likeness (QED) is 0.593.